The fourth-order valence-electron chi connectivity index (χ4n) is 3.33. The lowest BCUT2D eigenvalue weighted by molar-refractivity contribution is -0.125. The molecular weight excluding hydrogens is 276 g/mol. The third-order valence-corrected chi connectivity index (χ3v) is 4.58. The number of aryl methyl sites for hydroxylation is 1. The van der Waals surface area contributed by atoms with E-state index >= 15 is 0 Å². The van der Waals surface area contributed by atoms with Crippen molar-refractivity contribution in [3.05, 3.63) is 36.0 Å². The van der Waals surface area contributed by atoms with Gasteiger partial charge in [0, 0.05) is 30.4 Å². The minimum absolute atomic E-state index is 0.0322. The molecule has 116 valence electrons. The summed E-state index contributed by atoms with van der Waals surface area (Å²) in [6.07, 6.45) is 1.69. The molecule has 0 radical (unpaired) electrons. The first kappa shape index (κ1) is 14.8. The zero-order valence-electron chi connectivity index (χ0n) is 13.4. The van der Waals surface area contributed by atoms with Crippen LogP contribution < -0.4 is 0 Å². The van der Waals surface area contributed by atoms with Gasteiger partial charge in [-0.2, -0.15) is 0 Å². The molecule has 4 heteroatoms. The topological polar surface area (TPSA) is 42.3 Å². The molecule has 1 aliphatic rings. The van der Waals surface area contributed by atoms with Crippen LogP contribution in [0.2, 0.25) is 0 Å². The van der Waals surface area contributed by atoms with Crippen LogP contribution in [0.1, 0.15) is 37.2 Å². The molecule has 0 aliphatic carbocycles. The van der Waals surface area contributed by atoms with E-state index in [1.165, 1.54) is 0 Å². The molecule has 22 heavy (non-hydrogen) atoms. The molecule has 2 heterocycles. The fraction of sp³-hybridized carbons (Fsp3) is 0.444. The van der Waals surface area contributed by atoms with E-state index in [1.807, 2.05) is 55.8 Å². The molecule has 0 saturated carbocycles. The van der Waals surface area contributed by atoms with Crippen molar-refractivity contribution < 1.29 is 9.59 Å². The van der Waals surface area contributed by atoms with Gasteiger partial charge in [0.25, 0.3) is 5.91 Å². The number of carbonyl (C=O) groups is 2. The van der Waals surface area contributed by atoms with Gasteiger partial charge in [-0.25, -0.2) is 0 Å². The van der Waals surface area contributed by atoms with Gasteiger partial charge in [0.1, 0.15) is 5.69 Å². The van der Waals surface area contributed by atoms with Crippen LogP contribution in [0.3, 0.4) is 0 Å². The van der Waals surface area contributed by atoms with Crippen LogP contribution in [0.15, 0.2) is 30.3 Å². The number of Topliss-reactive ketones (excluding diaryl/α,β-unsaturated/α-hetero) is 1. The van der Waals surface area contributed by atoms with Gasteiger partial charge in [0.2, 0.25) is 0 Å². The summed E-state index contributed by atoms with van der Waals surface area (Å²) in [4.78, 5) is 27.0. The molecule has 0 bridgehead atoms. The van der Waals surface area contributed by atoms with Crippen LogP contribution in [0, 0.1) is 5.92 Å². The summed E-state index contributed by atoms with van der Waals surface area (Å²) in [6, 6.07) is 9.62. The minimum Gasteiger partial charge on any atom is -0.340 e. The highest BCUT2D eigenvalue weighted by Crippen LogP contribution is 2.25. The number of likely N-dealkylation sites (tertiary alicyclic amines) is 1. The van der Waals surface area contributed by atoms with E-state index in [4.69, 9.17) is 0 Å². The molecule has 1 atom stereocenters. The van der Waals surface area contributed by atoms with Gasteiger partial charge in [0.05, 0.1) is 6.04 Å². The number of para-hydroxylation sites is 1. The minimum atomic E-state index is -0.259. The smallest absolute Gasteiger partial charge is 0.271 e. The van der Waals surface area contributed by atoms with E-state index in [0.717, 1.165) is 23.7 Å². The molecule has 2 aromatic rings. The van der Waals surface area contributed by atoms with E-state index in [1.54, 1.807) is 4.90 Å². The molecule has 1 fully saturated rings. The predicted octanol–water partition coefficient (Wildman–Crippen LogP) is 3.01. The van der Waals surface area contributed by atoms with Crippen molar-refractivity contribution in [3.63, 3.8) is 0 Å². The Bertz CT molecular complexity index is 730. The van der Waals surface area contributed by atoms with Crippen LogP contribution >= 0.6 is 0 Å². The van der Waals surface area contributed by atoms with Crippen molar-refractivity contribution in [2.24, 2.45) is 13.0 Å². The summed E-state index contributed by atoms with van der Waals surface area (Å²) in [5.41, 5.74) is 1.70. The molecule has 1 aliphatic heterocycles. The molecule has 1 amide bonds. The summed E-state index contributed by atoms with van der Waals surface area (Å²) in [7, 11) is 1.91. The third kappa shape index (κ3) is 2.32. The number of carbonyl (C=O) groups excluding carboxylic acids is 2. The first-order chi connectivity index (χ1) is 10.5. The Balaban J connectivity index is 1.95. The molecule has 3 rings (SSSR count). The van der Waals surface area contributed by atoms with E-state index in [2.05, 4.69) is 0 Å². The van der Waals surface area contributed by atoms with Crippen molar-refractivity contribution in [3.8, 4) is 0 Å². The lowest BCUT2D eigenvalue weighted by Gasteiger charge is -2.25. The number of hydrogen-bond donors (Lipinski definition) is 0. The summed E-state index contributed by atoms with van der Waals surface area (Å²) in [5, 5.41) is 1.05. The second-order valence-corrected chi connectivity index (χ2v) is 6.36. The van der Waals surface area contributed by atoms with E-state index in [0.29, 0.717) is 12.2 Å². The average Bonchev–Trinajstić information content (AvgIpc) is 3.11. The Kier molecular flexibility index (Phi) is 3.77. The SMILES string of the molecule is CC(C)C(=O)[C@@H]1CCCN1C(=O)c1cc2ccccc2n1C. The second kappa shape index (κ2) is 5.59. The molecular formula is C18H22N2O2. The van der Waals surface area contributed by atoms with Gasteiger partial charge in [-0.1, -0.05) is 32.0 Å². The number of nitrogens with zero attached hydrogens (tertiary/aromatic N) is 2. The monoisotopic (exact) mass is 298 g/mol. The number of hydrogen-bond acceptors (Lipinski definition) is 2. The van der Waals surface area contributed by atoms with Crippen molar-refractivity contribution in [1.82, 2.24) is 9.47 Å². The van der Waals surface area contributed by atoms with E-state index in [9.17, 15) is 9.59 Å². The number of benzene rings is 1. The zero-order valence-corrected chi connectivity index (χ0v) is 13.4. The van der Waals surface area contributed by atoms with Gasteiger partial charge in [-0.3, -0.25) is 9.59 Å². The number of ketones is 1. The van der Waals surface area contributed by atoms with E-state index < -0.39 is 0 Å². The first-order valence-corrected chi connectivity index (χ1v) is 7.90. The average molecular weight is 298 g/mol. The summed E-state index contributed by atoms with van der Waals surface area (Å²) in [6.45, 7) is 4.48. The Labute approximate surface area is 130 Å². The lowest BCUT2D eigenvalue weighted by atomic mass is 10.00. The maximum atomic E-state index is 12.9. The van der Waals surface area contributed by atoms with Crippen LogP contribution in [0.25, 0.3) is 10.9 Å². The fourth-order valence-corrected chi connectivity index (χ4v) is 3.33. The van der Waals surface area contributed by atoms with E-state index in [-0.39, 0.29) is 23.7 Å². The Morgan fingerprint density at radius 2 is 1.95 bits per heavy atom. The number of fused-ring (bicyclic) bond motifs is 1. The predicted molar refractivity (Wildman–Crippen MR) is 86.8 cm³/mol. The highest BCUT2D eigenvalue weighted by Gasteiger charge is 2.36. The van der Waals surface area contributed by atoms with Gasteiger partial charge in [-0.05, 0) is 25.0 Å². The van der Waals surface area contributed by atoms with Gasteiger partial charge in [0.15, 0.2) is 5.78 Å². The van der Waals surface area contributed by atoms with Crippen molar-refractivity contribution in [1.29, 1.82) is 0 Å². The molecule has 1 aromatic carbocycles. The summed E-state index contributed by atoms with van der Waals surface area (Å²) >= 11 is 0. The maximum Gasteiger partial charge on any atom is 0.271 e. The number of amides is 1. The highest BCUT2D eigenvalue weighted by atomic mass is 16.2. The molecule has 1 saturated heterocycles. The Hall–Kier alpha value is -2.10. The Morgan fingerprint density at radius 3 is 2.64 bits per heavy atom. The zero-order chi connectivity index (χ0) is 15.9. The number of rotatable bonds is 3. The molecule has 0 N–H and O–H groups in total. The van der Waals surface area contributed by atoms with Crippen molar-refractivity contribution in [2.45, 2.75) is 32.7 Å². The van der Waals surface area contributed by atoms with Gasteiger partial charge in [-0.15, -0.1) is 0 Å². The summed E-state index contributed by atoms with van der Waals surface area (Å²) < 4.78 is 1.92. The van der Waals surface area contributed by atoms with Gasteiger partial charge < -0.3 is 9.47 Å². The van der Waals surface area contributed by atoms with Crippen molar-refractivity contribution >= 4 is 22.6 Å². The first-order valence-electron chi connectivity index (χ1n) is 7.90. The normalized spacial score (nSPS) is 18.4. The van der Waals surface area contributed by atoms with Crippen LogP contribution in [-0.4, -0.2) is 33.7 Å². The van der Waals surface area contributed by atoms with Crippen LogP contribution in [0.4, 0.5) is 0 Å². The van der Waals surface area contributed by atoms with Crippen molar-refractivity contribution in [2.75, 3.05) is 6.54 Å². The highest BCUT2D eigenvalue weighted by molar-refractivity contribution is 6.01. The largest absolute Gasteiger partial charge is 0.340 e. The standard InChI is InChI=1S/C18H22N2O2/c1-12(2)17(21)15-9-6-10-20(15)18(22)16-11-13-7-4-5-8-14(13)19(16)3/h4-5,7-8,11-12,15H,6,9-10H2,1-3H3/t15-/m0/s1. The Morgan fingerprint density at radius 1 is 1.23 bits per heavy atom. The second-order valence-electron chi connectivity index (χ2n) is 6.36. The molecule has 0 spiro atoms. The molecule has 1 aromatic heterocycles. The molecule has 0 unspecified atom stereocenters. The quantitative estimate of drug-likeness (QED) is 0.874. The third-order valence-electron chi connectivity index (χ3n) is 4.58. The number of aromatic nitrogens is 1. The summed E-state index contributed by atoms with van der Waals surface area (Å²) in [5.74, 6) is 0.102. The van der Waals surface area contributed by atoms with Crippen LogP contribution in [-0.2, 0) is 11.8 Å². The lowest BCUT2D eigenvalue weighted by Crippen LogP contribution is -2.42. The van der Waals surface area contributed by atoms with Crippen LogP contribution in [0.5, 0.6) is 0 Å². The van der Waals surface area contributed by atoms with Gasteiger partial charge >= 0.3 is 0 Å². The maximum absolute atomic E-state index is 12.9. The molecule has 4 nitrogen and oxygen atoms in total.